The Bertz CT molecular complexity index is 446. The molecule has 0 N–H and O–H groups in total. The number of hydrogen-bond acceptors (Lipinski definition) is 2. The van der Waals surface area contributed by atoms with Crippen LogP contribution < -0.4 is 0 Å². The zero-order valence-corrected chi connectivity index (χ0v) is 12.8. The summed E-state index contributed by atoms with van der Waals surface area (Å²) in [5.41, 5.74) is 0.644. The smallest absolute Gasteiger partial charge is 0.254 e. The van der Waals surface area contributed by atoms with Gasteiger partial charge in [0, 0.05) is 40.7 Å². The van der Waals surface area contributed by atoms with E-state index in [1.807, 2.05) is 11.0 Å². The van der Waals surface area contributed by atoms with Gasteiger partial charge in [0.05, 0.1) is 0 Å². The van der Waals surface area contributed by atoms with Crippen molar-refractivity contribution in [1.82, 2.24) is 9.80 Å². The maximum atomic E-state index is 12.4. The third-order valence-corrected chi connectivity index (χ3v) is 3.88. The van der Waals surface area contributed by atoms with E-state index in [0.29, 0.717) is 10.6 Å². The van der Waals surface area contributed by atoms with Crippen molar-refractivity contribution in [3.63, 3.8) is 0 Å². The molecule has 1 aromatic carbocycles. The highest BCUT2D eigenvalue weighted by Gasteiger charge is 2.26. The van der Waals surface area contributed by atoms with Gasteiger partial charge in [-0.05, 0) is 32.2 Å². The number of piperazine rings is 1. The monoisotopic (exact) mass is 330 g/mol. The molecule has 1 unspecified atom stereocenters. The third kappa shape index (κ3) is 3.05. The summed E-state index contributed by atoms with van der Waals surface area (Å²) >= 11 is 9.35. The Morgan fingerprint density at radius 2 is 2.11 bits per heavy atom. The van der Waals surface area contributed by atoms with Crippen LogP contribution in [0.5, 0.6) is 0 Å². The summed E-state index contributed by atoms with van der Waals surface area (Å²) in [6.07, 6.45) is 0. The second-order valence-electron chi connectivity index (χ2n) is 4.77. The molecule has 2 rings (SSSR count). The third-order valence-electron chi connectivity index (χ3n) is 3.20. The maximum Gasteiger partial charge on any atom is 0.254 e. The highest BCUT2D eigenvalue weighted by molar-refractivity contribution is 9.10. The number of carbonyl (C=O) groups is 1. The van der Waals surface area contributed by atoms with Crippen LogP contribution in [0.4, 0.5) is 0 Å². The molecule has 3 nitrogen and oxygen atoms in total. The fraction of sp³-hybridized carbons (Fsp3) is 0.462. The summed E-state index contributed by atoms with van der Waals surface area (Å²) in [5, 5.41) is 0.578. The number of nitrogens with zero attached hydrogens (tertiary/aromatic N) is 2. The normalized spacial score (nSPS) is 21.1. The minimum atomic E-state index is 0.0544. The van der Waals surface area contributed by atoms with E-state index in [0.717, 1.165) is 24.1 Å². The van der Waals surface area contributed by atoms with Crippen molar-refractivity contribution in [3.8, 4) is 0 Å². The quantitative estimate of drug-likeness (QED) is 0.790. The fourth-order valence-corrected chi connectivity index (χ4v) is 3.14. The van der Waals surface area contributed by atoms with Crippen molar-refractivity contribution < 1.29 is 4.79 Å². The van der Waals surface area contributed by atoms with Gasteiger partial charge in [-0.25, -0.2) is 0 Å². The van der Waals surface area contributed by atoms with E-state index in [4.69, 9.17) is 11.6 Å². The van der Waals surface area contributed by atoms with Crippen molar-refractivity contribution >= 4 is 33.4 Å². The predicted molar refractivity (Wildman–Crippen MR) is 77.1 cm³/mol. The van der Waals surface area contributed by atoms with Gasteiger partial charge in [-0.2, -0.15) is 0 Å². The van der Waals surface area contributed by atoms with E-state index < -0.39 is 0 Å². The number of rotatable bonds is 1. The van der Waals surface area contributed by atoms with E-state index in [9.17, 15) is 4.79 Å². The second-order valence-corrected chi connectivity index (χ2v) is 6.12. The van der Waals surface area contributed by atoms with E-state index in [-0.39, 0.29) is 11.9 Å². The summed E-state index contributed by atoms with van der Waals surface area (Å²) in [6.45, 7) is 4.67. The van der Waals surface area contributed by atoms with Crippen LogP contribution in [0.15, 0.2) is 22.7 Å². The first-order chi connectivity index (χ1) is 8.47. The molecule has 0 bridgehead atoms. The lowest BCUT2D eigenvalue weighted by atomic mass is 10.1. The van der Waals surface area contributed by atoms with Gasteiger partial charge in [0.2, 0.25) is 0 Å². The number of benzene rings is 1. The summed E-state index contributed by atoms with van der Waals surface area (Å²) in [6, 6.07) is 5.55. The van der Waals surface area contributed by atoms with E-state index >= 15 is 0 Å². The number of hydrogen-bond donors (Lipinski definition) is 0. The molecule has 0 aliphatic carbocycles. The molecule has 0 saturated carbocycles. The molecular formula is C13H16BrClN2O. The second kappa shape index (κ2) is 5.59. The SMILES string of the molecule is CC1CN(C)CCN1C(=O)c1cc(Cl)cc(Br)c1. The highest BCUT2D eigenvalue weighted by Crippen LogP contribution is 2.22. The molecule has 1 amide bonds. The Morgan fingerprint density at radius 3 is 2.72 bits per heavy atom. The van der Waals surface area contributed by atoms with E-state index in [2.05, 4.69) is 34.8 Å². The molecule has 0 spiro atoms. The van der Waals surface area contributed by atoms with E-state index in [1.165, 1.54) is 0 Å². The van der Waals surface area contributed by atoms with Gasteiger partial charge >= 0.3 is 0 Å². The lowest BCUT2D eigenvalue weighted by Gasteiger charge is -2.38. The summed E-state index contributed by atoms with van der Waals surface area (Å²) < 4.78 is 0.833. The molecule has 1 aliphatic rings. The number of halogens is 2. The summed E-state index contributed by atoms with van der Waals surface area (Å²) in [5.74, 6) is 0.0544. The van der Waals surface area contributed by atoms with E-state index in [1.54, 1.807) is 12.1 Å². The zero-order chi connectivity index (χ0) is 13.3. The summed E-state index contributed by atoms with van der Waals surface area (Å²) in [7, 11) is 2.08. The molecule has 1 saturated heterocycles. The van der Waals surface area contributed by atoms with Gasteiger partial charge in [0.1, 0.15) is 0 Å². The first-order valence-electron chi connectivity index (χ1n) is 5.93. The molecule has 0 radical (unpaired) electrons. The molecule has 5 heteroatoms. The van der Waals surface area contributed by atoms with Gasteiger partial charge < -0.3 is 9.80 Å². The van der Waals surface area contributed by atoms with Crippen LogP contribution in [0.3, 0.4) is 0 Å². The van der Waals surface area contributed by atoms with Crippen molar-refractivity contribution in [2.45, 2.75) is 13.0 Å². The van der Waals surface area contributed by atoms with Crippen LogP contribution in [0.2, 0.25) is 5.02 Å². The van der Waals surface area contributed by atoms with Crippen molar-refractivity contribution in [3.05, 3.63) is 33.3 Å². The Labute approximate surface area is 121 Å². The first-order valence-corrected chi connectivity index (χ1v) is 7.10. The number of likely N-dealkylation sites (N-methyl/N-ethyl adjacent to an activating group) is 1. The zero-order valence-electron chi connectivity index (χ0n) is 10.5. The van der Waals surface area contributed by atoms with Crippen LogP contribution in [0, 0.1) is 0 Å². The number of amides is 1. The fourth-order valence-electron chi connectivity index (χ4n) is 2.28. The molecule has 1 aliphatic heterocycles. The molecule has 1 atom stereocenters. The van der Waals surface area contributed by atoms with Crippen LogP contribution >= 0.6 is 27.5 Å². The molecule has 18 heavy (non-hydrogen) atoms. The van der Waals surface area contributed by atoms with Crippen LogP contribution in [0.25, 0.3) is 0 Å². The van der Waals surface area contributed by atoms with Crippen molar-refractivity contribution in [2.75, 3.05) is 26.7 Å². The van der Waals surface area contributed by atoms with Crippen LogP contribution in [-0.2, 0) is 0 Å². The summed E-state index contributed by atoms with van der Waals surface area (Å²) in [4.78, 5) is 16.6. The minimum absolute atomic E-state index is 0.0544. The Balaban J connectivity index is 2.20. The highest BCUT2D eigenvalue weighted by atomic mass is 79.9. The lowest BCUT2D eigenvalue weighted by molar-refractivity contribution is 0.0533. The average Bonchev–Trinajstić information content (AvgIpc) is 2.26. The first kappa shape index (κ1) is 13.8. The molecule has 1 fully saturated rings. The van der Waals surface area contributed by atoms with Crippen molar-refractivity contribution in [2.24, 2.45) is 0 Å². The average molecular weight is 332 g/mol. The van der Waals surface area contributed by atoms with Gasteiger partial charge in [-0.3, -0.25) is 4.79 Å². The minimum Gasteiger partial charge on any atom is -0.333 e. The molecule has 1 aromatic rings. The standard InChI is InChI=1S/C13H16BrClN2O/c1-9-8-16(2)3-4-17(9)13(18)10-5-11(14)7-12(15)6-10/h5-7,9H,3-4,8H2,1-2H3. The van der Waals surface area contributed by atoms with Gasteiger partial charge in [-0.1, -0.05) is 27.5 Å². The van der Waals surface area contributed by atoms with Crippen LogP contribution in [0.1, 0.15) is 17.3 Å². The van der Waals surface area contributed by atoms with Gasteiger partial charge in [-0.15, -0.1) is 0 Å². The Hall–Kier alpha value is -0.580. The molecule has 1 heterocycles. The van der Waals surface area contributed by atoms with Gasteiger partial charge in [0.15, 0.2) is 0 Å². The molecule has 98 valence electrons. The topological polar surface area (TPSA) is 23.6 Å². The maximum absolute atomic E-state index is 12.4. The van der Waals surface area contributed by atoms with Crippen molar-refractivity contribution in [1.29, 1.82) is 0 Å². The largest absolute Gasteiger partial charge is 0.333 e. The predicted octanol–water partition coefficient (Wildman–Crippen LogP) is 2.88. The number of carbonyl (C=O) groups excluding carboxylic acids is 1. The Morgan fingerprint density at radius 1 is 1.39 bits per heavy atom. The molecule has 0 aromatic heterocycles. The van der Waals surface area contributed by atoms with Crippen LogP contribution in [-0.4, -0.2) is 48.4 Å². The lowest BCUT2D eigenvalue weighted by Crippen LogP contribution is -2.52. The Kier molecular flexibility index (Phi) is 4.30. The molecular weight excluding hydrogens is 316 g/mol. The van der Waals surface area contributed by atoms with Gasteiger partial charge in [0.25, 0.3) is 5.91 Å².